The molecular formula is C14H30N2O. The lowest BCUT2D eigenvalue weighted by Crippen LogP contribution is -2.53. The molecule has 1 unspecified atom stereocenters. The smallest absolute Gasteiger partial charge is 0.0766 e. The van der Waals surface area contributed by atoms with Crippen molar-refractivity contribution in [2.75, 3.05) is 27.2 Å². The van der Waals surface area contributed by atoms with Crippen LogP contribution in [0.1, 0.15) is 46.5 Å². The van der Waals surface area contributed by atoms with E-state index in [0.717, 1.165) is 6.54 Å². The fraction of sp³-hybridized carbons (Fsp3) is 1.00. The van der Waals surface area contributed by atoms with Crippen molar-refractivity contribution in [2.45, 2.75) is 57.6 Å². The second-order valence-corrected chi connectivity index (χ2v) is 6.44. The molecule has 0 saturated heterocycles. The van der Waals surface area contributed by atoms with Crippen molar-refractivity contribution in [3.63, 3.8) is 0 Å². The van der Waals surface area contributed by atoms with Crippen molar-refractivity contribution in [1.29, 1.82) is 0 Å². The normalized spacial score (nSPS) is 23.3. The summed E-state index contributed by atoms with van der Waals surface area (Å²) in [6, 6.07) is 0. The van der Waals surface area contributed by atoms with Crippen LogP contribution in [0, 0.1) is 5.92 Å². The zero-order chi connectivity index (χ0) is 13.1. The molecule has 1 rings (SSSR count). The Balaban J connectivity index is 2.44. The van der Waals surface area contributed by atoms with Crippen molar-refractivity contribution in [3.8, 4) is 0 Å². The molecule has 0 bridgehead atoms. The molecule has 1 fully saturated rings. The standard InChI is InChI=1S/C14H30N2O/c1-12(2)13(3,17)10-15-11-14(16(4)5)8-6-7-9-14/h12,15,17H,6-11H2,1-5H3. The topological polar surface area (TPSA) is 35.5 Å². The van der Waals surface area contributed by atoms with Crippen LogP contribution in [0.5, 0.6) is 0 Å². The number of hydrogen-bond acceptors (Lipinski definition) is 3. The van der Waals surface area contributed by atoms with Gasteiger partial charge in [0.1, 0.15) is 0 Å². The van der Waals surface area contributed by atoms with E-state index in [9.17, 15) is 5.11 Å². The molecule has 0 aliphatic heterocycles. The number of nitrogens with one attached hydrogen (secondary N) is 1. The Morgan fingerprint density at radius 2 is 1.82 bits per heavy atom. The molecule has 0 aromatic carbocycles. The highest BCUT2D eigenvalue weighted by Crippen LogP contribution is 2.33. The Morgan fingerprint density at radius 1 is 1.29 bits per heavy atom. The molecule has 2 N–H and O–H groups in total. The lowest BCUT2D eigenvalue weighted by molar-refractivity contribution is 0.0105. The van der Waals surface area contributed by atoms with E-state index in [1.807, 2.05) is 6.92 Å². The Hall–Kier alpha value is -0.120. The largest absolute Gasteiger partial charge is 0.389 e. The van der Waals surface area contributed by atoms with Gasteiger partial charge in [-0.05, 0) is 39.8 Å². The molecule has 1 saturated carbocycles. The monoisotopic (exact) mass is 242 g/mol. The van der Waals surface area contributed by atoms with Gasteiger partial charge in [-0.3, -0.25) is 0 Å². The maximum absolute atomic E-state index is 10.2. The fourth-order valence-corrected chi connectivity index (χ4v) is 2.57. The summed E-state index contributed by atoms with van der Waals surface area (Å²) < 4.78 is 0. The van der Waals surface area contributed by atoms with Gasteiger partial charge in [0.25, 0.3) is 0 Å². The molecule has 0 spiro atoms. The van der Waals surface area contributed by atoms with Crippen molar-refractivity contribution in [3.05, 3.63) is 0 Å². The lowest BCUT2D eigenvalue weighted by Gasteiger charge is -2.38. The average Bonchev–Trinajstić information content (AvgIpc) is 2.67. The molecule has 102 valence electrons. The van der Waals surface area contributed by atoms with Crippen molar-refractivity contribution >= 4 is 0 Å². The highest BCUT2D eigenvalue weighted by molar-refractivity contribution is 4.95. The van der Waals surface area contributed by atoms with Gasteiger partial charge in [0, 0.05) is 18.6 Å². The van der Waals surface area contributed by atoms with Crippen LogP contribution in [0.4, 0.5) is 0 Å². The molecule has 0 amide bonds. The van der Waals surface area contributed by atoms with E-state index in [1.165, 1.54) is 25.7 Å². The van der Waals surface area contributed by atoms with Crippen LogP contribution in [0.25, 0.3) is 0 Å². The first-order valence-electron chi connectivity index (χ1n) is 6.91. The number of rotatable bonds is 6. The van der Waals surface area contributed by atoms with Gasteiger partial charge < -0.3 is 15.3 Å². The van der Waals surface area contributed by atoms with Crippen molar-refractivity contribution in [2.24, 2.45) is 5.92 Å². The maximum atomic E-state index is 10.2. The summed E-state index contributed by atoms with van der Waals surface area (Å²) in [5.74, 6) is 0.286. The molecule has 0 heterocycles. The van der Waals surface area contributed by atoms with Gasteiger partial charge in [-0.2, -0.15) is 0 Å². The average molecular weight is 242 g/mol. The fourth-order valence-electron chi connectivity index (χ4n) is 2.57. The summed E-state index contributed by atoms with van der Waals surface area (Å²) in [7, 11) is 4.35. The maximum Gasteiger partial charge on any atom is 0.0766 e. The first kappa shape index (κ1) is 14.9. The van der Waals surface area contributed by atoms with E-state index in [1.54, 1.807) is 0 Å². The zero-order valence-electron chi connectivity index (χ0n) is 12.2. The van der Waals surface area contributed by atoms with Crippen LogP contribution in [0.15, 0.2) is 0 Å². The van der Waals surface area contributed by atoms with Crippen molar-refractivity contribution in [1.82, 2.24) is 10.2 Å². The Labute approximate surface area is 107 Å². The second-order valence-electron chi connectivity index (χ2n) is 6.44. The van der Waals surface area contributed by atoms with Crippen LogP contribution >= 0.6 is 0 Å². The van der Waals surface area contributed by atoms with Crippen LogP contribution in [-0.4, -0.2) is 48.3 Å². The molecule has 1 aliphatic carbocycles. The van der Waals surface area contributed by atoms with Gasteiger partial charge in [0.2, 0.25) is 0 Å². The summed E-state index contributed by atoms with van der Waals surface area (Å²) in [6.45, 7) is 7.72. The van der Waals surface area contributed by atoms with Gasteiger partial charge >= 0.3 is 0 Å². The molecule has 1 aliphatic rings. The molecular weight excluding hydrogens is 212 g/mol. The van der Waals surface area contributed by atoms with Crippen LogP contribution in [0.3, 0.4) is 0 Å². The van der Waals surface area contributed by atoms with Crippen LogP contribution in [0.2, 0.25) is 0 Å². The SMILES string of the molecule is CC(C)C(C)(O)CNCC1(N(C)C)CCCC1. The summed E-state index contributed by atoms with van der Waals surface area (Å²) in [6.07, 6.45) is 5.22. The van der Waals surface area contributed by atoms with Gasteiger partial charge in [0.15, 0.2) is 0 Å². The molecule has 0 aromatic rings. The second kappa shape index (κ2) is 5.68. The molecule has 0 aromatic heterocycles. The Morgan fingerprint density at radius 3 is 2.24 bits per heavy atom. The number of hydrogen-bond donors (Lipinski definition) is 2. The quantitative estimate of drug-likeness (QED) is 0.746. The molecule has 3 nitrogen and oxygen atoms in total. The van der Waals surface area contributed by atoms with Crippen LogP contribution in [-0.2, 0) is 0 Å². The van der Waals surface area contributed by atoms with Gasteiger partial charge in [0.05, 0.1) is 5.60 Å². The van der Waals surface area contributed by atoms with Gasteiger partial charge in [-0.25, -0.2) is 0 Å². The first-order chi connectivity index (χ1) is 7.80. The predicted molar refractivity (Wildman–Crippen MR) is 73.2 cm³/mol. The Bertz CT molecular complexity index is 230. The highest BCUT2D eigenvalue weighted by Gasteiger charge is 2.36. The zero-order valence-corrected chi connectivity index (χ0v) is 12.2. The minimum absolute atomic E-state index is 0.286. The predicted octanol–water partition coefficient (Wildman–Crippen LogP) is 1.86. The molecule has 0 radical (unpaired) electrons. The van der Waals surface area contributed by atoms with E-state index in [2.05, 4.69) is 38.2 Å². The van der Waals surface area contributed by atoms with E-state index in [4.69, 9.17) is 0 Å². The molecule has 17 heavy (non-hydrogen) atoms. The number of aliphatic hydroxyl groups is 1. The number of nitrogens with zero attached hydrogens (tertiary/aromatic N) is 1. The molecule has 3 heteroatoms. The molecule has 1 atom stereocenters. The third kappa shape index (κ3) is 3.67. The Kier molecular flexibility index (Phi) is 4.99. The number of likely N-dealkylation sites (N-methyl/N-ethyl adjacent to an activating group) is 1. The summed E-state index contributed by atoms with van der Waals surface area (Å²) in [4.78, 5) is 2.36. The third-order valence-electron chi connectivity index (χ3n) is 4.66. The van der Waals surface area contributed by atoms with Crippen LogP contribution < -0.4 is 5.32 Å². The van der Waals surface area contributed by atoms with Gasteiger partial charge in [-0.15, -0.1) is 0 Å². The lowest BCUT2D eigenvalue weighted by atomic mass is 9.91. The minimum atomic E-state index is -0.605. The van der Waals surface area contributed by atoms with E-state index >= 15 is 0 Å². The third-order valence-corrected chi connectivity index (χ3v) is 4.66. The first-order valence-corrected chi connectivity index (χ1v) is 6.91. The van der Waals surface area contributed by atoms with E-state index in [-0.39, 0.29) is 5.92 Å². The highest BCUT2D eigenvalue weighted by atomic mass is 16.3. The summed E-state index contributed by atoms with van der Waals surface area (Å²) in [5, 5.41) is 13.7. The minimum Gasteiger partial charge on any atom is -0.389 e. The van der Waals surface area contributed by atoms with E-state index < -0.39 is 5.60 Å². The van der Waals surface area contributed by atoms with Crippen molar-refractivity contribution < 1.29 is 5.11 Å². The summed E-state index contributed by atoms with van der Waals surface area (Å²) in [5.41, 5.74) is -0.292. The summed E-state index contributed by atoms with van der Waals surface area (Å²) >= 11 is 0. The van der Waals surface area contributed by atoms with E-state index in [0.29, 0.717) is 12.1 Å². The van der Waals surface area contributed by atoms with Gasteiger partial charge in [-0.1, -0.05) is 26.7 Å².